The summed E-state index contributed by atoms with van der Waals surface area (Å²) in [5.41, 5.74) is 8.76. The van der Waals surface area contributed by atoms with E-state index in [4.69, 9.17) is 10.5 Å². The number of pyridine rings is 1. The summed E-state index contributed by atoms with van der Waals surface area (Å²) in [5.74, 6) is 0.185. The van der Waals surface area contributed by atoms with Gasteiger partial charge in [-0.15, -0.1) is 0 Å². The second kappa shape index (κ2) is 6.49. The van der Waals surface area contributed by atoms with Crippen molar-refractivity contribution >= 4 is 5.78 Å². The molecule has 0 spiro atoms. The molecule has 4 rings (SSSR count). The van der Waals surface area contributed by atoms with Gasteiger partial charge >= 0.3 is 0 Å². The highest BCUT2D eigenvalue weighted by atomic mass is 16.5. The molecular formula is C21H17N3O2. The molecule has 128 valence electrons. The number of allylic oxidation sites excluding steroid dienone is 3. The Bertz CT molecular complexity index is 956. The van der Waals surface area contributed by atoms with E-state index in [0.29, 0.717) is 29.7 Å². The van der Waals surface area contributed by atoms with Crippen molar-refractivity contribution in [2.24, 2.45) is 5.73 Å². The number of carbonyl (C=O) groups excluding carboxylic acids is 1. The number of carbonyl (C=O) groups is 1. The summed E-state index contributed by atoms with van der Waals surface area (Å²) in [4.78, 5) is 17.2. The minimum atomic E-state index is -0.465. The Morgan fingerprint density at radius 1 is 1.12 bits per heavy atom. The van der Waals surface area contributed by atoms with Crippen LogP contribution in [0.1, 0.15) is 35.8 Å². The standard InChI is InChI=1S/C21H17N3O2/c22-11-16-19(13-5-2-1-3-6-13)20-17(25)9-15(10-18(20)26-21(16)23)14-7-4-8-24-12-14/h1-8,12,15,19H,9-10,23H2. The number of ether oxygens (including phenoxy) is 1. The molecule has 1 aliphatic carbocycles. The summed E-state index contributed by atoms with van der Waals surface area (Å²) >= 11 is 0. The van der Waals surface area contributed by atoms with Gasteiger partial charge in [0, 0.05) is 30.8 Å². The van der Waals surface area contributed by atoms with E-state index < -0.39 is 5.92 Å². The summed E-state index contributed by atoms with van der Waals surface area (Å²) < 4.78 is 5.74. The normalized spacial score (nSPS) is 22.5. The van der Waals surface area contributed by atoms with E-state index in [2.05, 4.69) is 11.1 Å². The van der Waals surface area contributed by atoms with Crippen molar-refractivity contribution in [3.63, 3.8) is 0 Å². The molecule has 5 heteroatoms. The Kier molecular flexibility index (Phi) is 4.02. The topological polar surface area (TPSA) is 89.0 Å². The van der Waals surface area contributed by atoms with Gasteiger partial charge in [0.05, 0.1) is 5.92 Å². The minimum Gasteiger partial charge on any atom is -0.444 e. The van der Waals surface area contributed by atoms with Crippen LogP contribution in [0.2, 0.25) is 0 Å². The SMILES string of the molecule is N#CC1=C(N)OC2=C(C(=O)CC(c3cccnc3)C2)C1c1ccccc1. The van der Waals surface area contributed by atoms with Crippen LogP contribution in [0.4, 0.5) is 0 Å². The van der Waals surface area contributed by atoms with E-state index >= 15 is 0 Å². The lowest BCUT2D eigenvalue weighted by molar-refractivity contribution is -0.117. The fourth-order valence-corrected chi connectivity index (χ4v) is 3.74. The molecule has 0 amide bonds. The summed E-state index contributed by atoms with van der Waals surface area (Å²) in [5, 5.41) is 9.59. The lowest BCUT2D eigenvalue weighted by Gasteiger charge is -2.34. The molecular weight excluding hydrogens is 326 g/mol. The minimum absolute atomic E-state index is 0.00260. The van der Waals surface area contributed by atoms with Crippen LogP contribution in [0, 0.1) is 11.3 Å². The molecule has 1 aromatic heterocycles. The van der Waals surface area contributed by atoms with Crippen molar-refractivity contribution < 1.29 is 9.53 Å². The molecule has 2 atom stereocenters. The molecule has 0 saturated carbocycles. The molecule has 1 aromatic carbocycles. The number of Topliss-reactive ketones (excluding diaryl/α,β-unsaturated/α-hetero) is 1. The highest BCUT2D eigenvalue weighted by Gasteiger charge is 2.40. The maximum Gasteiger partial charge on any atom is 0.205 e. The summed E-state index contributed by atoms with van der Waals surface area (Å²) in [6.07, 6.45) is 4.42. The Balaban J connectivity index is 1.79. The Morgan fingerprint density at radius 3 is 2.58 bits per heavy atom. The van der Waals surface area contributed by atoms with Crippen molar-refractivity contribution in [1.82, 2.24) is 4.98 Å². The van der Waals surface area contributed by atoms with Gasteiger partial charge in [-0.3, -0.25) is 9.78 Å². The Morgan fingerprint density at radius 2 is 1.88 bits per heavy atom. The molecule has 0 fully saturated rings. The molecule has 0 radical (unpaired) electrons. The predicted molar refractivity (Wildman–Crippen MR) is 95.3 cm³/mol. The highest BCUT2D eigenvalue weighted by Crippen LogP contribution is 2.46. The fourth-order valence-electron chi connectivity index (χ4n) is 3.74. The van der Waals surface area contributed by atoms with Crippen molar-refractivity contribution in [3.8, 4) is 6.07 Å². The number of hydrogen-bond acceptors (Lipinski definition) is 5. The number of nitriles is 1. The molecule has 0 bridgehead atoms. The van der Waals surface area contributed by atoms with Crippen LogP contribution in [0.15, 0.2) is 77.6 Å². The molecule has 26 heavy (non-hydrogen) atoms. The Labute approximate surface area is 151 Å². The summed E-state index contributed by atoms with van der Waals surface area (Å²) in [6.45, 7) is 0. The van der Waals surface area contributed by atoms with E-state index in [1.807, 2.05) is 42.5 Å². The van der Waals surface area contributed by atoms with Crippen LogP contribution < -0.4 is 5.73 Å². The zero-order valence-electron chi connectivity index (χ0n) is 14.1. The van der Waals surface area contributed by atoms with Crippen LogP contribution >= 0.6 is 0 Å². The van der Waals surface area contributed by atoms with Crippen molar-refractivity contribution in [2.45, 2.75) is 24.7 Å². The maximum atomic E-state index is 13.0. The second-order valence-corrected chi connectivity index (χ2v) is 6.49. The van der Waals surface area contributed by atoms with Crippen molar-refractivity contribution in [2.75, 3.05) is 0 Å². The molecule has 2 aromatic rings. The highest BCUT2D eigenvalue weighted by molar-refractivity contribution is 6.00. The van der Waals surface area contributed by atoms with Gasteiger partial charge in [-0.1, -0.05) is 36.4 Å². The Hall–Kier alpha value is -3.39. The average molecular weight is 343 g/mol. The largest absolute Gasteiger partial charge is 0.444 e. The molecule has 2 aliphatic rings. The number of ketones is 1. The smallest absolute Gasteiger partial charge is 0.205 e. The molecule has 1 aliphatic heterocycles. The number of hydrogen-bond donors (Lipinski definition) is 1. The van der Waals surface area contributed by atoms with Crippen LogP contribution in [0.3, 0.4) is 0 Å². The van der Waals surface area contributed by atoms with Crippen LogP contribution in [-0.4, -0.2) is 10.8 Å². The fraction of sp³-hybridized carbons (Fsp3) is 0.190. The van der Waals surface area contributed by atoms with Gasteiger partial charge < -0.3 is 10.5 Å². The molecule has 2 heterocycles. The first-order valence-electron chi connectivity index (χ1n) is 8.47. The first-order chi connectivity index (χ1) is 12.7. The second-order valence-electron chi connectivity index (χ2n) is 6.49. The molecule has 5 nitrogen and oxygen atoms in total. The van der Waals surface area contributed by atoms with Gasteiger partial charge in [-0.25, -0.2) is 0 Å². The lowest BCUT2D eigenvalue weighted by Crippen LogP contribution is -2.29. The first kappa shape index (κ1) is 16.1. The zero-order chi connectivity index (χ0) is 18.1. The van der Waals surface area contributed by atoms with Crippen LogP contribution in [-0.2, 0) is 9.53 Å². The van der Waals surface area contributed by atoms with Gasteiger partial charge in [0.25, 0.3) is 0 Å². The van der Waals surface area contributed by atoms with Crippen LogP contribution in [0.5, 0.6) is 0 Å². The van der Waals surface area contributed by atoms with Crippen molar-refractivity contribution in [1.29, 1.82) is 5.26 Å². The predicted octanol–water partition coefficient (Wildman–Crippen LogP) is 3.29. The van der Waals surface area contributed by atoms with Gasteiger partial charge in [0.2, 0.25) is 5.88 Å². The third kappa shape index (κ3) is 2.66. The molecule has 2 unspecified atom stereocenters. The summed E-state index contributed by atoms with van der Waals surface area (Å²) in [7, 11) is 0. The zero-order valence-corrected chi connectivity index (χ0v) is 14.1. The third-order valence-corrected chi connectivity index (χ3v) is 4.95. The van der Waals surface area contributed by atoms with Crippen molar-refractivity contribution in [3.05, 3.63) is 88.8 Å². The van der Waals surface area contributed by atoms with E-state index in [-0.39, 0.29) is 17.6 Å². The average Bonchev–Trinajstić information content (AvgIpc) is 2.68. The van der Waals surface area contributed by atoms with Gasteiger partial charge in [0.1, 0.15) is 17.4 Å². The summed E-state index contributed by atoms with van der Waals surface area (Å²) in [6, 6.07) is 15.5. The number of aromatic nitrogens is 1. The molecule has 0 saturated heterocycles. The first-order valence-corrected chi connectivity index (χ1v) is 8.47. The van der Waals surface area contributed by atoms with E-state index in [1.165, 1.54) is 0 Å². The van der Waals surface area contributed by atoms with E-state index in [0.717, 1.165) is 11.1 Å². The maximum absolute atomic E-state index is 13.0. The van der Waals surface area contributed by atoms with E-state index in [9.17, 15) is 10.1 Å². The van der Waals surface area contributed by atoms with E-state index in [1.54, 1.807) is 12.4 Å². The lowest BCUT2D eigenvalue weighted by atomic mass is 9.74. The van der Waals surface area contributed by atoms with Gasteiger partial charge in [-0.2, -0.15) is 5.26 Å². The number of benzene rings is 1. The number of nitrogens with two attached hydrogens (primary N) is 1. The number of rotatable bonds is 2. The monoisotopic (exact) mass is 343 g/mol. The van der Waals surface area contributed by atoms with Gasteiger partial charge in [0.15, 0.2) is 5.78 Å². The third-order valence-electron chi connectivity index (χ3n) is 4.95. The van der Waals surface area contributed by atoms with Gasteiger partial charge in [-0.05, 0) is 23.1 Å². The van der Waals surface area contributed by atoms with Crippen LogP contribution in [0.25, 0.3) is 0 Å². The molecule has 2 N–H and O–H groups in total. The number of nitrogens with zero attached hydrogens (tertiary/aromatic N) is 2. The quantitative estimate of drug-likeness (QED) is 0.904.